The molecule has 0 bridgehead atoms. The summed E-state index contributed by atoms with van der Waals surface area (Å²) in [5.41, 5.74) is 0.377. The molecule has 0 aromatic carbocycles. The van der Waals surface area contributed by atoms with Gasteiger partial charge in [-0.2, -0.15) is 0 Å². The molecule has 2 aliphatic rings. The van der Waals surface area contributed by atoms with Crippen LogP contribution in [-0.4, -0.2) is 49.8 Å². The van der Waals surface area contributed by atoms with Crippen LogP contribution in [0.25, 0.3) is 0 Å². The maximum atomic E-state index is 5.54. The van der Waals surface area contributed by atoms with Crippen LogP contribution < -0.4 is 5.32 Å². The minimum absolute atomic E-state index is 0.377. The Morgan fingerprint density at radius 3 is 2.69 bits per heavy atom. The third-order valence-electron chi connectivity index (χ3n) is 3.53. The van der Waals surface area contributed by atoms with E-state index < -0.39 is 0 Å². The van der Waals surface area contributed by atoms with Crippen LogP contribution in [0.15, 0.2) is 0 Å². The molecule has 3 nitrogen and oxygen atoms in total. The Labute approximate surface area is 80.4 Å². The topological polar surface area (TPSA) is 24.5 Å². The molecule has 2 rings (SSSR count). The quantitative estimate of drug-likeness (QED) is 0.675. The Hall–Kier alpha value is -0.120. The molecule has 0 spiro atoms. The second kappa shape index (κ2) is 3.95. The number of ether oxygens (including phenoxy) is 1. The molecule has 13 heavy (non-hydrogen) atoms. The lowest BCUT2D eigenvalue weighted by atomic mass is 9.92. The van der Waals surface area contributed by atoms with E-state index in [1.807, 2.05) is 0 Å². The predicted molar refractivity (Wildman–Crippen MR) is 52.9 cm³/mol. The minimum atomic E-state index is 0.377. The molecule has 1 atom stereocenters. The molecule has 2 saturated heterocycles. The first-order chi connectivity index (χ1) is 6.37. The molecular formula is C10H20N2O. The highest BCUT2D eigenvalue weighted by atomic mass is 16.5. The van der Waals surface area contributed by atoms with E-state index in [0.29, 0.717) is 5.54 Å². The molecule has 0 aromatic rings. The van der Waals surface area contributed by atoms with Gasteiger partial charge in [0.25, 0.3) is 0 Å². The van der Waals surface area contributed by atoms with E-state index in [9.17, 15) is 0 Å². The molecule has 1 N–H and O–H groups in total. The molecule has 76 valence electrons. The van der Waals surface area contributed by atoms with Gasteiger partial charge in [0.2, 0.25) is 0 Å². The van der Waals surface area contributed by atoms with Crippen molar-refractivity contribution in [2.24, 2.45) is 0 Å². The van der Waals surface area contributed by atoms with E-state index in [4.69, 9.17) is 4.74 Å². The lowest BCUT2D eigenvalue weighted by molar-refractivity contribution is 0.0527. The summed E-state index contributed by atoms with van der Waals surface area (Å²) < 4.78 is 5.54. The zero-order valence-electron chi connectivity index (χ0n) is 8.51. The minimum Gasteiger partial charge on any atom is -0.379 e. The highest BCUT2D eigenvalue weighted by Crippen LogP contribution is 2.29. The van der Waals surface area contributed by atoms with E-state index in [0.717, 1.165) is 26.3 Å². The van der Waals surface area contributed by atoms with Crippen molar-refractivity contribution in [3.05, 3.63) is 0 Å². The van der Waals surface area contributed by atoms with Gasteiger partial charge in [-0.3, -0.25) is 4.90 Å². The molecule has 0 amide bonds. The number of rotatable bonds is 2. The van der Waals surface area contributed by atoms with Gasteiger partial charge in [-0.05, 0) is 12.8 Å². The highest BCUT2D eigenvalue weighted by Gasteiger charge is 2.39. The fraction of sp³-hybridized carbons (Fsp3) is 1.00. The van der Waals surface area contributed by atoms with Gasteiger partial charge in [0.15, 0.2) is 0 Å². The lowest BCUT2D eigenvalue weighted by Gasteiger charge is -2.42. The molecule has 2 fully saturated rings. The number of piperazine rings is 1. The van der Waals surface area contributed by atoms with Gasteiger partial charge in [-0.1, -0.05) is 6.92 Å². The standard InChI is InChI=1S/C10H20N2O/c1-2-10(3-8-13-9-10)12-6-4-11-5-7-12/h11H,2-9H2,1H3. The van der Waals surface area contributed by atoms with Crippen LogP contribution in [0.2, 0.25) is 0 Å². The van der Waals surface area contributed by atoms with Crippen molar-refractivity contribution in [2.45, 2.75) is 25.3 Å². The van der Waals surface area contributed by atoms with Gasteiger partial charge in [0.1, 0.15) is 0 Å². The first kappa shape index (κ1) is 9.44. The number of hydrogen-bond acceptors (Lipinski definition) is 3. The Kier molecular flexibility index (Phi) is 2.86. The number of nitrogens with one attached hydrogen (secondary N) is 1. The van der Waals surface area contributed by atoms with Gasteiger partial charge in [0.05, 0.1) is 6.61 Å². The lowest BCUT2D eigenvalue weighted by Crippen LogP contribution is -2.56. The van der Waals surface area contributed by atoms with Gasteiger partial charge in [0, 0.05) is 38.3 Å². The van der Waals surface area contributed by atoms with E-state index in [1.54, 1.807) is 0 Å². The highest BCUT2D eigenvalue weighted by molar-refractivity contribution is 4.94. The van der Waals surface area contributed by atoms with E-state index >= 15 is 0 Å². The molecule has 1 unspecified atom stereocenters. The average molecular weight is 184 g/mol. The van der Waals surface area contributed by atoms with Gasteiger partial charge in [-0.25, -0.2) is 0 Å². The van der Waals surface area contributed by atoms with Crippen LogP contribution in [0.3, 0.4) is 0 Å². The molecule has 0 radical (unpaired) electrons. The van der Waals surface area contributed by atoms with Crippen molar-refractivity contribution >= 4 is 0 Å². The zero-order chi connectivity index (χ0) is 9.15. The van der Waals surface area contributed by atoms with Crippen LogP contribution in [0.4, 0.5) is 0 Å². The summed E-state index contributed by atoms with van der Waals surface area (Å²) in [6, 6.07) is 0. The van der Waals surface area contributed by atoms with Crippen LogP contribution in [-0.2, 0) is 4.74 Å². The summed E-state index contributed by atoms with van der Waals surface area (Å²) in [6.45, 7) is 8.86. The fourth-order valence-electron chi connectivity index (χ4n) is 2.49. The molecule has 3 heteroatoms. The van der Waals surface area contributed by atoms with Crippen molar-refractivity contribution in [2.75, 3.05) is 39.4 Å². The zero-order valence-corrected chi connectivity index (χ0v) is 8.51. The van der Waals surface area contributed by atoms with Gasteiger partial charge < -0.3 is 10.1 Å². The van der Waals surface area contributed by atoms with Gasteiger partial charge >= 0.3 is 0 Å². The largest absolute Gasteiger partial charge is 0.379 e. The summed E-state index contributed by atoms with van der Waals surface area (Å²) in [6.07, 6.45) is 2.45. The first-order valence-corrected chi connectivity index (χ1v) is 5.41. The molecule has 0 saturated carbocycles. The van der Waals surface area contributed by atoms with E-state index in [-0.39, 0.29) is 0 Å². The van der Waals surface area contributed by atoms with Crippen molar-refractivity contribution in [3.63, 3.8) is 0 Å². The summed E-state index contributed by atoms with van der Waals surface area (Å²) in [5, 5.41) is 3.40. The van der Waals surface area contributed by atoms with Crippen molar-refractivity contribution in [1.82, 2.24) is 10.2 Å². The summed E-state index contributed by atoms with van der Waals surface area (Å²) in [4.78, 5) is 2.62. The van der Waals surface area contributed by atoms with Gasteiger partial charge in [-0.15, -0.1) is 0 Å². The molecule has 2 aliphatic heterocycles. The third kappa shape index (κ3) is 1.73. The van der Waals surface area contributed by atoms with E-state index in [1.165, 1.54) is 25.9 Å². The summed E-state index contributed by atoms with van der Waals surface area (Å²) in [5.74, 6) is 0. The predicted octanol–water partition coefficient (Wildman–Crippen LogP) is 0.461. The smallest absolute Gasteiger partial charge is 0.0651 e. The number of nitrogens with zero attached hydrogens (tertiary/aromatic N) is 1. The van der Waals surface area contributed by atoms with Crippen molar-refractivity contribution in [1.29, 1.82) is 0 Å². The molecule has 2 heterocycles. The van der Waals surface area contributed by atoms with Crippen LogP contribution in [0.5, 0.6) is 0 Å². The van der Waals surface area contributed by atoms with E-state index in [2.05, 4.69) is 17.1 Å². The molecule has 0 aliphatic carbocycles. The first-order valence-electron chi connectivity index (χ1n) is 5.41. The van der Waals surface area contributed by atoms with Crippen molar-refractivity contribution < 1.29 is 4.74 Å². The second-order valence-electron chi connectivity index (χ2n) is 4.12. The van der Waals surface area contributed by atoms with Crippen LogP contribution >= 0.6 is 0 Å². The monoisotopic (exact) mass is 184 g/mol. The van der Waals surface area contributed by atoms with Crippen LogP contribution in [0, 0.1) is 0 Å². The molecular weight excluding hydrogens is 164 g/mol. The number of hydrogen-bond donors (Lipinski definition) is 1. The maximum absolute atomic E-state index is 5.54. The van der Waals surface area contributed by atoms with Crippen molar-refractivity contribution in [3.8, 4) is 0 Å². The fourth-order valence-corrected chi connectivity index (χ4v) is 2.49. The third-order valence-corrected chi connectivity index (χ3v) is 3.53. The maximum Gasteiger partial charge on any atom is 0.0651 e. The SMILES string of the molecule is CCC1(N2CCNCC2)CCOC1. The van der Waals surface area contributed by atoms with Crippen LogP contribution in [0.1, 0.15) is 19.8 Å². The summed E-state index contributed by atoms with van der Waals surface area (Å²) in [7, 11) is 0. The normalized spacial score (nSPS) is 36.7. The average Bonchev–Trinajstić information content (AvgIpc) is 2.69. The Bertz CT molecular complexity index is 160. The Morgan fingerprint density at radius 2 is 2.15 bits per heavy atom. The Balaban J connectivity index is 2.01. The Morgan fingerprint density at radius 1 is 1.38 bits per heavy atom. The second-order valence-corrected chi connectivity index (χ2v) is 4.12. The summed E-state index contributed by atoms with van der Waals surface area (Å²) >= 11 is 0. The molecule has 0 aromatic heterocycles.